The lowest BCUT2D eigenvalue weighted by atomic mass is 10.2. The van der Waals surface area contributed by atoms with Crippen molar-refractivity contribution in [1.29, 1.82) is 0 Å². The smallest absolute Gasteiger partial charge is 0.231 e. The van der Waals surface area contributed by atoms with Gasteiger partial charge in [-0.1, -0.05) is 44.2 Å². The number of rotatable bonds is 9. The molecule has 1 aliphatic rings. The average molecular weight is 358 g/mol. The molecule has 0 atom stereocenters. The Balaban J connectivity index is 1.71. The third-order valence-corrected chi connectivity index (χ3v) is 5.60. The van der Waals surface area contributed by atoms with Crippen LogP contribution in [0, 0.1) is 5.92 Å². The van der Waals surface area contributed by atoms with Crippen LogP contribution in [0.25, 0.3) is 11.3 Å². The fourth-order valence-corrected chi connectivity index (χ4v) is 3.84. The molecule has 0 bridgehead atoms. The van der Waals surface area contributed by atoms with Crippen LogP contribution in [-0.2, 0) is 4.79 Å². The predicted octanol–water partition coefficient (Wildman–Crippen LogP) is 4.29. The molecular weight excluding hydrogens is 330 g/mol. The Morgan fingerprint density at radius 3 is 2.52 bits per heavy atom. The van der Waals surface area contributed by atoms with Gasteiger partial charge in [0.05, 0.1) is 5.69 Å². The zero-order valence-corrected chi connectivity index (χ0v) is 16.0. The van der Waals surface area contributed by atoms with E-state index in [1.165, 1.54) is 0 Å². The maximum Gasteiger partial charge on any atom is 0.231 e. The number of anilines is 1. The second kappa shape index (κ2) is 8.59. The van der Waals surface area contributed by atoms with Crippen molar-refractivity contribution in [3.8, 4) is 11.3 Å². The van der Waals surface area contributed by atoms with Crippen LogP contribution in [-0.4, -0.2) is 42.0 Å². The summed E-state index contributed by atoms with van der Waals surface area (Å²) >= 11 is 1.58. The SMILES string of the molecule is CCN(CC)CCCN(C(=O)C1CC1)c1nc(-c2ccccc2)cs1. The standard InChI is InChI=1S/C20H27N3OS/c1-3-22(4-2)13-8-14-23(19(24)17-11-12-17)20-21-18(15-25-20)16-9-6-5-7-10-16/h5-7,9-10,15,17H,3-4,8,11-14H2,1-2H3. The number of carbonyl (C=O) groups is 1. The summed E-state index contributed by atoms with van der Waals surface area (Å²) in [6.45, 7) is 8.27. The maximum atomic E-state index is 12.7. The Kier molecular flexibility index (Phi) is 6.21. The van der Waals surface area contributed by atoms with Gasteiger partial charge in [-0.2, -0.15) is 0 Å². The van der Waals surface area contributed by atoms with Gasteiger partial charge in [0, 0.05) is 23.4 Å². The van der Waals surface area contributed by atoms with Crippen LogP contribution in [0.4, 0.5) is 5.13 Å². The molecule has 2 aromatic rings. The quantitative estimate of drug-likeness (QED) is 0.672. The minimum absolute atomic E-state index is 0.220. The lowest BCUT2D eigenvalue weighted by Crippen LogP contribution is -2.35. The van der Waals surface area contributed by atoms with E-state index in [1.807, 2.05) is 23.1 Å². The molecule has 4 nitrogen and oxygen atoms in total. The molecule has 0 unspecified atom stereocenters. The molecule has 1 fully saturated rings. The molecule has 3 rings (SSSR count). The van der Waals surface area contributed by atoms with Gasteiger partial charge in [0.2, 0.25) is 5.91 Å². The molecule has 1 aliphatic carbocycles. The normalized spacial score (nSPS) is 14.0. The zero-order valence-electron chi connectivity index (χ0n) is 15.1. The van der Waals surface area contributed by atoms with Crippen molar-refractivity contribution in [2.75, 3.05) is 31.1 Å². The van der Waals surface area contributed by atoms with Gasteiger partial charge in [-0.3, -0.25) is 9.69 Å². The number of aromatic nitrogens is 1. The highest BCUT2D eigenvalue weighted by Crippen LogP contribution is 2.35. The summed E-state index contributed by atoms with van der Waals surface area (Å²) in [4.78, 5) is 21.8. The third kappa shape index (κ3) is 4.67. The molecule has 134 valence electrons. The number of carbonyl (C=O) groups excluding carboxylic acids is 1. The lowest BCUT2D eigenvalue weighted by Gasteiger charge is -2.23. The maximum absolute atomic E-state index is 12.7. The molecule has 0 N–H and O–H groups in total. The van der Waals surface area contributed by atoms with Crippen LogP contribution in [0.1, 0.15) is 33.1 Å². The zero-order chi connectivity index (χ0) is 17.6. The fraction of sp³-hybridized carbons (Fsp3) is 0.500. The largest absolute Gasteiger partial charge is 0.304 e. The first-order valence-electron chi connectivity index (χ1n) is 9.27. The van der Waals surface area contributed by atoms with Crippen molar-refractivity contribution in [2.45, 2.75) is 33.1 Å². The fourth-order valence-electron chi connectivity index (χ4n) is 2.97. The Hall–Kier alpha value is -1.72. The van der Waals surface area contributed by atoms with E-state index in [2.05, 4.69) is 36.3 Å². The summed E-state index contributed by atoms with van der Waals surface area (Å²) in [5.74, 6) is 0.478. The Bertz CT molecular complexity index is 677. The van der Waals surface area contributed by atoms with E-state index in [-0.39, 0.29) is 11.8 Å². The molecule has 1 aromatic carbocycles. The summed E-state index contributed by atoms with van der Waals surface area (Å²) in [6.07, 6.45) is 3.05. The van der Waals surface area contributed by atoms with Crippen molar-refractivity contribution in [3.63, 3.8) is 0 Å². The van der Waals surface area contributed by atoms with E-state index in [4.69, 9.17) is 4.98 Å². The van der Waals surface area contributed by atoms with Crippen LogP contribution in [0.3, 0.4) is 0 Å². The highest BCUT2D eigenvalue weighted by atomic mass is 32.1. The first kappa shape index (κ1) is 18.1. The second-order valence-corrected chi connectivity index (χ2v) is 7.36. The van der Waals surface area contributed by atoms with Gasteiger partial charge in [0.1, 0.15) is 0 Å². The van der Waals surface area contributed by atoms with E-state index in [0.29, 0.717) is 0 Å². The average Bonchev–Trinajstić information content (AvgIpc) is 3.40. The summed E-state index contributed by atoms with van der Waals surface area (Å²) in [5, 5.41) is 2.90. The van der Waals surface area contributed by atoms with Gasteiger partial charge in [-0.15, -0.1) is 11.3 Å². The van der Waals surface area contributed by atoms with Crippen molar-refractivity contribution >= 4 is 22.4 Å². The van der Waals surface area contributed by atoms with Crippen LogP contribution < -0.4 is 4.90 Å². The molecule has 0 aliphatic heterocycles. The van der Waals surface area contributed by atoms with Gasteiger partial charge >= 0.3 is 0 Å². The molecule has 1 heterocycles. The van der Waals surface area contributed by atoms with Crippen molar-refractivity contribution in [2.24, 2.45) is 5.92 Å². The minimum atomic E-state index is 0.220. The lowest BCUT2D eigenvalue weighted by molar-refractivity contribution is -0.119. The van der Waals surface area contributed by atoms with Gasteiger partial charge < -0.3 is 4.90 Å². The van der Waals surface area contributed by atoms with E-state index in [1.54, 1.807) is 11.3 Å². The molecular formula is C20H27N3OS. The van der Waals surface area contributed by atoms with E-state index in [0.717, 1.165) is 61.8 Å². The number of thiazole rings is 1. The second-order valence-electron chi connectivity index (χ2n) is 6.53. The van der Waals surface area contributed by atoms with Crippen LogP contribution in [0.15, 0.2) is 35.7 Å². The van der Waals surface area contributed by atoms with Crippen LogP contribution in [0.2, 0.25) is 0 Å². The van der Waals surface area contributed by atoms with Crippen molar-refractivity contribution in [3.05, 3.63) is 35.7 Å². The Morgan fingerprint density at radius 2 is 1.88 bits per heavy atom. The van der Waals surface area contributed by atoms with Crippen molar-refractivity contribution in [1.82, 2.24) is 9.88 Å². The topological polar surface area (TPSA) is 36.4 Å². The van der Waals surface area contributed by atoms with Gasteiger partial charge in [-0.25, -0.2) is 4.98 Å². The van der Waals surface area contributed by atoms with Crippen LogP contribution >= 0.6 is 11.3 Å². The molecule has 0 spiro atoms. The van der Waals surface area contributed by atoms with Crippen molar-refractivity contribution < 1.29 is 4.79 Å². The van der Waals surface area contributed by atoms with Gasteiger partial charge in [0.15, 0.2) is 5.13 Å². The Morgan fingerprint density at radius 1 is 1.16 bits per heavy atom. The summed E-state index contributed by atoms with van der Waals surface area (Å²) in [6, 6.07) is 10.2. The summed E-state index contributed by atoms with van der Waals surface area (Å²) in [5.41, 5.74) is 2.06. The Labute approximate surface area is 154 Å². The number of amides is 1. The summed E-state index contributed by atoms with van der Waals surface area (Å²) < 4.78 is 0. The molecule has 1 amide bonds. The molecule has 0 radical (unpaired) electrons. The first-order chi connectivity index (χ1) is 12.2. The minimum Gasteiger partial charge on any atom is -0.304 e. The van der Waals surface area contributed by atoms with Gasteiger partial charge in [0.25, 0.3) is 0 Å². The molecule has 1 aromatic heterocycles. The number of nitrogens with zero attached hydrogens (tertiary/aromatic N) is 3. The third-order valence-electron chi connectivity index (χ3n) is 4.74. The van der Waals surface area contributed by atoms with E-state index in [9.17, 15) is 4.79 Å². The molecule has 0 saturated heterocycles. The molecule has 1 saturated carbocycles. The van der Waals surface area contributed by atoms with Crippen LogP contribution in [0.5, 0.6) is 0 Å². The highest BCUT2D eigenvalue weighted by molar-refractivity contribution is 7.14. The molecule has 25 heavy (non-hydrogen) atoms. The number of hydrogen-bond acceptors (Lipinski definition) is 4. The van der Waals surface area contributed by atoms with E-state index < -0.39 is 0 Å². The summed E-state index contributed by atoms with van der Waals surface area (Å²) in [7, 11) is 0. The predicted molar refractivity (Wildman–Crippen MR) is 105 cm³/mol. The highest BCUT2D eigenvalue weighted by Gasteiger charge is 2.34. The number of benzene rings is 1. The first-order valence-corrected chi connectivity index (χ1v) is 10.2. The van der Waals surface area contributed by atoms with E-state index >= 15 is 0 Å². The number of hydrogen-bond donors (Lipinski definition) is 0. The monoisotopic (exact) mass is 357 g/mol. The van der Waals surface area contributed by atoms with Gasteiger partial charge in [-0.05, 0) is 38.9 Å². The molecule has 5 heteroatoms.